The van der Waals surface area contributed by atoms with Gasteiger partial charge in [0.25, 0.3) is 0 Å². The quantitative estimate of drug-likeness (QED) is 0.252. The Morgan fingerprint density at radius 1 is 0.717 bits per heavy atom. The van der Waals surface area contributed by atoms with Gasteiger partial charge in [0, 0.05) is 63.1 Å². The number of benzene rings is 2. The molecule has 0 aliphatic carbocycles. The number of nitrogens with zero attached hydrogens (tertiary/aromatic N) is 7. The van der Waals surface area contributed by atoms with Crippen LogP contribution in [0.3, 0.4) is 0 Å². The van der Waals surface area contributed by atoms with E-state index in [-0.39, 0.29) is 23.5 Å². The fourth-order valence-electron chi connectivity index (χ4n) is 7.03. The molecule has 3 aliphatic rings. The lowest BCUT2D eigenvalue weighted by Crippen LogP contribution is -2.41. The summed E-state index contributed by atoms with van der Waals surface area (Å²) < 4.78 is 85.1. The number of morpholine rings is 1. The number of aromatic nitrogens is 4. The zero-order valence-electron chi connectivity index (χ0n) is 29.6. The van der Waals surface area contributed by atoms with Crippen LogP contribution in [0.15, 0.2) is 41.4 Å². The number of hydrogen-bond acceptors (Lipinski definition) is 12. The van der Waals surface area contributed by atoms with Crippen LogP contribution in [0.25, 0.3) is 21.8 Å². The van der Waals surface area contributed by atoms with E-state index >= 15 is 0 Å². The first kappa shape index (κ1) is 39.3. The van der Waals surface area contributed by atoms with E-state index in [1.807, 2.05) is 4.90 Å². The van der Waals surface area contributed by atoms with Crippen molar-refractivity contribution in [3.63, 3.8) is 0 Å². The van der Waals surface area contributed by atoms with Gasteiger partial charge in [-0.05, 0) is 77.7 Å². The Morgan fingerprint density at radius 2 is 1.21 bits per heavy atom. The number of halogens is 3. The van der Waals surface area contributed by atoms with Gasteiger partial charge in [-0.1, -0.05) is 0 Å². The van der Waals surface area contributed by atoms with E-state index in [0.717, 1.165) is 45.0 Å². The molecule has 2 atom stereocenters. The third kappa shape index (κ3) is 10.4. The fourth-order valence-corrected chi connectivity index (χ4v) is 8.43. The molecule has 0 saturated carbocycles. The van der Waals surface area contributed by atoms with Gasteiger partial charge in [0.1, 0.15) is 35.9 Å². The smallest absolute Gasteiger partial charge is 0.208 e. The van der Waals surface area contributed by atoms with Gasteiger partial charge in [0.2, 0.25) is 20.0 Å². The molecule has 2 unspecified atom stereocenters. The number of rotatable bonds is 9. The van der Waals surface area contributed by atoms with Crippen LogP contribution in [-0.4, -0.2) is 115 Å². The van der Waals surface area contributed by atoms with Gasteiger partial charge in [0.15, 0.2) is 0 Å². The Morgan fingerprint density at radius 3 is 1.72 bits per heavy atom. The van der Waals surface area contributed by atoms with E-state index in [2.05, 4.69) is 55.1 Å². The maximum atomic E-state index is 14.9. The van der Waals surface area contributed by atoms with Crippen LogP contribution in [0.1, 0.15) is 25.7 Å². The van der Waals surface area contributed by atoms with Gasteiger partial charge in [0.05, 0.1) is 46.9 Å². The van der Waals surface area contributed by atoms with Crippen LogP contribution in [0.5, 0.6) is 0 Å². The Bertz CT molecular complexity index is 2150. The average molecular weight is 841 g/mol. The topological polar surface area (TPSA) is 163 Å². The van der Waals surface area contributed by atoms with Crippen LogP contribution in [0, 0.1) is 23.5 Å². The van der Waals surface area contributed by atoms with E-state index in [0.29, 0.717) is 96.1 Å². The highest BCUT2D eigenvalue weighted by Gasteiger charge is 2.26. The van der Waals surface area contributed by atoms with Crippen molar-refractivity contribution in [1.29, 1.82) is 0 Å². The largest absolute Gasteiger partial charge is 0.378 e. The number of nitrogens with one attached hydrogen (secondary N) is 2. The molecule has 3 fully saturated rings. The molecule has 3 aliphatic heterocycles. The van der Waals surface area contributed by atoms with Crippen LogP contribution in [-0.2, 0) is 24.8 Å². The Kier molecular flexibility index (Phi) is 12.6. The number of piperidine rings is 2. The predicted octanol–water partition coefficient (Wildman–Crippen LogP) is 3.67. The van der Waals surface area contributed by atoms with Crippen molar-refractivity contribution in [2.24, 2.45) is 11.8 Å². The lowest BCUT2D eigenvalue weighted by molar-refractivity contribution is 0.122. The lowest BCUT2D eigenvalue weighted by atomic mass is 9.98. The van der Waals surface area contributed by atoms with Crippen molar-refractivity contribution in [1.82, 2.24) is 29.4 Å². The van der Waals surface area contributed by atoms with Crippen LogP contribution >= 0.6 is 15.9 Å². The van der Waals surface area contributed by atoms with Crippen molar-refractivity contribution in [2.45, 2.75) is 25.7 Å². The molecule has 2 N–H and O–H groups in total. The second-order valence-corrected chi connectivity index (χ2v) is 18.3. The zero-order valence-corrected chi connectivity index (χ0v) is 32.9. The number of fused-ring (bicyclic) bond motifs is 2. The molecule has 53 heavy (non-hydrogen) atoms. The maximum Gasteiger partial charge on any atom is 0.208 e. The molecule has 2 aromatic heterocycles. The highest BCUT2D eigenvalue weighted by atomic mass is 79.9. The van der Waals surface area contributed by atoms with E-state index in [1.54, 1.807) is 12.1 Å². The highest BCUT2D eigenvalue weighted by molar-refractivity contribution is 9.10. The second-order valence-electron chi connectivity index (χ2n) is 13.7. The molecule has 0 bridgehead atoms. The summed E-state index contributed by atoms with van der Waals surface area (Å²) in [5, 5.41) is 1.34. The SMILES string of the molecule is CS(=O)(=O)NCC1CCCN(c2ncnc3cc(Br)c(F)cc23)C1.CS(=O)(=O)NCC1CCCN(c2ncnc3cc(N4CCOCC4)c(F)cc23)C1. The highest BCUT2D eigenvalue weighted by Crippen LogP contribution is 2.33. The standard InChI is InChI=1S/C19H26FN5O3S.C15H18BrFN4O2S/c1-29(26,27)23-11-14-3-2-4-25(12-14)19-15-9-16(20)18(10-17(15)21-13-22-19)24-5-7-28-8-6-24;1-24(22,23)20-7-10-3-2-4-21(8-10)15-11-5-13(17)12(16)6-14(11)18-9-19-15/h9-10,13-14,23H,2-8,11-12H2,1H3;5-6,9-10,20H,2-4,7-8H2,1H3. The molecule has 4 aromatic rings. The third-order valence-corrected chi connectivity index (χ3v) is 11.6. The Hall–Kier alpha value is -3.36. The number of anilines is 3. The molecular formula is C34H44BrF2N9O5S2. The second kappa shape index (κ2) is 17.0. The van der Waals surface area contributed by atoms with Crippen molar-refractivity contribution in [2.75, 3.05) is 92.8 Å². The molecule has 2 aromatic carbocycles. The van der Waals surface area contributed by atoms with Crippen molar-refractivity contribution in [3.8, 4) is 0 Å². The third-order valence-electron chi connectivity index (χ3n) is 9.60. The van der Waals surface area contributed by atoms with Crippen molar-refractivity contribution >= 4 is 75.1 Å². The Balaban J connectivity index is 0.000000185. The van der Waals surface area contributed by atoms with Gasteiger partial charge >= 0.3 is 0 Å². The average Bonchev–Trinajstić information content (AvgIpc) is 3.13. The van der Waals surface area contributed by atoms with Gasteiger partial charge in [-0.15, -0.1) is 0 Å². The summed E-state index contributed by atoms with van der Waals surface area (Å²) in [6.07, 6.45) is 9.06. The first-order chi connectivity index (χ1) is 25.2. The number of ether oxygens (including phenoxy) is 1. The summed E-state index contributed by atoms with van der Waals surface area (Å²) in [5.41, 5.74) is 1.92. The van der Waals surface area contributed by atoms with Crippen LogP contribution < -0.4 is 24.1 Å². The molecule has 19 heteroatoms. The normalized spacial score (nSPS) is 20.1. The van der Waals surface area contributed by atoms with Crippen LogP contribution in [0.2, 0.25) is 0 Å². The lowest BCUT2D eigenvalue weighted by Gasteiger charge is -2.34. The minimum atomic E-state index is -3.22. The van der Waals surface area contributed by atoms with E-state index < -0.39 is 20.0 Å². The molecule has 14 nitrogen and oxygen atoms in total. The number of hydrogen-bond donors (Lipinski definition) is 2. The van der Waals surface area contributed by atoms with Gasteiger partial charge in [-0.3, -0.25) is 0 Å². The molecule has 0 spiro atoms. The summed E-state index contributed by atoms with van der Waals surface area (Å²) in [5.74, 6) is 1.12. The van der Waals surface area contributed by atoms with E-state index in [4.69, 9.17) is 4.74 Å². The van der Waals surface area contributed by atoms with Gasteiger partial charge in [-0.25, -0.2) is 55.0 Å². The predicted molar refractivity (Wildman–Crippen MR) is 205 cm³/mol. The first-order valence-electron chi connectivity index (χ1n) is 17.5. The summed E-state index contributed by atoms with van der Waals surface area (Å²) in [4.78, 5) is 23.5. The molecular weight excluding hydrogens is 796 g/mol. The monoisotopic (exact) mass is 839 g/mol. The zero-order chi connectivity index (χ0) is 37.8. The minimum absolute atomic E-state index is 0.181. The summed E-state index contributed by atoms with van der Waals surface area (Å²) in [6, 6.07) is 6.39. The van der Waals surface area contributed by atoms with Gasteiger partial charge < -0.3 is 19.4 Å². The van der Waals surface area contributed by atoms with E-state index in [1.165, 1.54) is 31.0 Å². The molecule has 0 amide bonds. The number of sulfonamides is 2. The maximum absolute atomic E-state index is 14.9. The molecule has 288 valence electrons. The summed E-state index contributed by atoms with van der Waals surface area (Å²) >= 11 is 3.17. The molecule has 0 radical (unpaired) electrons. The minimum Gasteiger partial charge on any atom is -0.378 e. The molecule has 3 saturated heterocycles. The molecule has 7 rings (SSSR count). The first-order valence-corrected chi connectivity index (χ1v) is 22.1. The van der Waals surface area contributed by atoms with Crippen LogP contribution in [0.4, 0.5) is 26.1 Å². The van der Waals surface area contributed by atoms with Gasteiger partial charge in [-0.2, -0.15) is 0 Å². The van der Waals surface area contributed by atoms with Crippen molar-refractivity contribution < 1.29 is 30.4 Å². The van der Waals surface area contributed by atoms with Crippen molar-refractivity contribution in [3.05, 3.63) is 53.0 Å². The summed E-state index contributed by atoms with van der Waals surface area (Å²) in [7, 11) is -6.42. The fraction of sp³-hybridized carbons (Fsp3) is 0.529. The molecule has 5 heterocycles. The Labute approximate surface area is 317 Å². The van der Waals surface area contributed by atoms with E-state index in [9.17, 15) is 25.6 Å². The summed E-state index contributed by atoms with van der Waals surface area (Å²) in [6.45, 7) is 6.23.